The van der Waals surface area contributed by atoms with Gasteiger partial charge in [0.2, 0.25) is 0 Å². The summed E-state index contributed by atoms with van der Waals surface area (Å²) in [6, 6.07) is 12.5. The van der Waals surface area contributed by atoms with E-state index >= 15 is 0 Å². The fraction of sp³-hybridized carbons (Fsp3) is 0.143. The second kappa shape index (κ2) is 6.11. The van der Waals surface area contributed by atoms with Crippen LogP contribution < -0.4 is 10.2 Å². The zero-order chi connectivity index (χ0) is 13.8. The molecule has 2 rings (SSSR count). The summed E-state index contributed by atoms with van der Waals surface area (Å²) in [5.74, 6) is 0.587. The highest BCUT2D eigenvalue weighted by molar-refractivity contribution is 6.59. The number of benzene rings is 2. The molecule has 2 aromatic rings. The molecular weight excluding hydrogens is 262 g/mol. The normalized spacial score (nSPS) is 10.3. The Hall–Kier alpha value is -1.49. The number of aryl methyl sites for hydroxylation is 1. The van der Waals surface area contributed by atoms with Crippen LogP contribution in [0.2, 0.25) is 5.02 Å². The van der Waals surface area contributed by atoms with E-state index in [0.717, 1.165) is 11.1 Å². The third-order valence-electron chi connectivity index (χ3n) is 2.80. The quantitative estimate of drug-likeness (QED) is 0.839. The maximum absolute atomic E-state index is 9.27. The molecule has 0 aromatic heterocycles. The van der Waals surface area contributed by atoms with Crippen LogP contribution in [0.4, 0.5) is 0 Å². The number of ether oxygens (including phenoxy) is 1. The van der Waals surface area contributed by atoms with Gasteiger partial charge in [0, 0.05) is 0 Å². The second-order valence-corrected chi connectivity index (χ2v) is 4.70. The molecule has 0 spiro atoms. The van der Waals surface area contributed by atoms with Crippen LogP contribution in [0.5, 0.6) is 5.75 Å². The van der Waals surface area contributed by atoms with E-state index in [1.54, 1.807) is 24.3 Å². The smallest absolute Gasteiger partial charge is 0.487 e. The van der Waals surface area contributed by atoms with Crippen molar-refractivity contribution in [1.82, 2.24) is 0 Å². The van der Waals surface area contributed by atoms with Gasteiger partial charge < -0.3 is 14.8 Å². The van der Waals surface area contributed by atoms with E-state index in [9.17, 15) is 10.0 Å². The van der Waals surface area contributed by atoms with Gasteiger partial charge in [0.15, 0.2) is 0 Å². The highest BCUT2D eigenvalue weighted by atomic mass is 35.5. The van der Waals surface area contributed by atoms with E-state index in [4.69, 9.17) is 16.3 Å². The van der Waals surface area contributed by atoms with Gasteiger partial charge in [-0.2, -0.15) is 0 Å². The molecule has 0 saturated heterocycles. The van der Waals surface area contributed by atoms with Crippen LogP contribution >= 0.6 is 11.6 Å². The largest absolute Gasteiger partial charge is 0.488 e. The average Bonchev–Trinajstić information content (AvgIpc) is 2.40. The molecule has 0 unspecified atom stereocenters. The Balaban J connectivity index is 2.17. The summed E-state index contributed by atoms with van der Waals surface area (Å²) in [4.78, 5) is 0. The Morgan fingerprint density at radius 3 is 2.63 bits per heavy atom. The van der Waals surface area contributed by atoms with E-state index in [-0.39, 0.29) is 6.61 Å². The number of hydrogen-bond acceptors (Lipinski definition) is 3. The van der Waals surface area contributed by atoms with Gasteiger partial charge in [-0.3, -0.25) is 0 Å². The number of halogens is 1. The van der Waals surface area contributed by atoms with Crippen LogP contribution in [0.15, 0.2) is 42.5 Å². The second-order valence-electron chi connectivity index (χ2n) is 4.30. The molecule has 0 atom stereocenters. The lowest BCUT2D eigenvalue weighted by molar-refractivity contribution is 0.306. The lowest BCUT2D eigenvalue weighted by Gasteiger charge is -2.12. The van der Waals surface area contributed by atoms with Crippen molar-refractivity contribution in [2.45, 2.75) is 13.5 Å². The van der Waals surface area contributed by atoms with E-state index in [0.29, 0.717) is 16.2 Å². The van der Waals surface area contributed by atoms with Crippen molar-refractivity contribution in [2.75, 3.05) is 0 Å². The highest BCUT2D eigenvalue weighted by Crippen LogP contribution is 2.25. The van der Waals surface area contributed by atoms with Gasteiger partial charge >= 0.3 is 7.12 Å². The standard InChI is InChI=1S/C14H14BClO3/c1-10-6-7-13(16)14(8-10)19-9-11-4-2-3-5-12(11)15(17)18/h2-8,17-18H,9H2,1H3. The fourth-order valence-electron chi connectivity index (χ4n) is 1.79. The van der Waals surface area contributed by atoms with Crippen molar-refractivity contribution in [3.05, 3.63) is 58.6 Å². The van der Waals surface area contributed by atoms with Crippen molar-refractivity contribution < 1.29 is 14.8 Å². The first-order chi connectivity index (χ1) is 9.08. The van der Waals surface area contributed by atoms with E-state index in [1.807, 2.05) is 25.1 Å². The molecule has 98 valence electrons. The Bertz CT molecular complexity index is 572. The monoisotopic (exact) mass is 276 g/mol. The molecule has 5 heteroatoms. The van der Waals surface area contributed by atoms with Gasteiger partial charge in [0.05, 0.1) is 5.02 Å². The van der Waals surface area contributed by atoms with Gasteiger partial charge in [-0.15, -0.1) is 0 Å². The molecule has 0 heterocycles. The topological polar surface area (TPSA) is 49.7 Å². The zero-order valence-corrected chi connectivity index (χ0v) is 11.3. The Morgan fingerprint density at radius 2 is 1.89 bits per heavy atom. The maximum atomic E-state index is 9.27. The fourth-order valence-corrected chi connectivity index (χ4v) is 1.97. The third kappa shape index (κ3) is 3.50. The van der Waals surface area contributed by atoms with E-state index in [2.05, 4.69) is 0 Å². The lowest BCUT2D eigenvalue weighted by atomic mass is 9.77. The van der Waals surface area contributed by atoms with Crippen molar-refractivity contribution in [3.63, 3.8) is 0 Å². The molecule has 0 aliphatic carbocycles. The third-order valence-corrected chi connectivity index (χ3v) is 3.12. The summed E-state index contributed by atoms with van der Waals surface area (Å²) < 4.78 is 5.64. The molecule has 0 fully saturated rings. The minimum Gasteiger partial charge on any atom is -0.487 e. The Morgan fingerprint density at radius 1 is 1.16 bits per heavy atom. The first-order valence-corrected chi connectivity index (χ1v) is 6.28. The highest BCUT2D eigenvalue weighted by Gasteiger charge is 2.15. The molecule has 0 aliphatic rings. The van der Waals surface area contributed by atoms with Crippen LogP contribution in [-0.2, 0) is 6.61 Å². The predicted octanol–water partition coefficient (Wildman–Crippen LogP) is 1.91. The maximum Gasteiger partial charge on any atom is 0.488 e. The summed E-state index contributed by atoms with van der Waals surface area (Å²) in [5.41, 5.74) is 2.20. The molecular formula is C14H14BClO3. The summed E-state index contributed by atoms with van der Waals surface area (Å²) in [7, 11) is -1.51. The van der Waals surface area contributed by atoms with Crippen molar-refractivity contribution in [3.8, 4) is 5.75 Å². The molecule has 2 N–H and O–H groups in total. The molecule has 0 bridgehead atoms. The average molecular weight is 277 g/mol. The van der Waals surface area contributed by atoms with Crippen LogP contribution in [0, 0.1) is 6.92 Å². The van der Waals surface area contributed by atoms with Crippen LogP contribution in [0.3, 0.4) is 0 Å². The number of hydrogen-bond donors (Lipinski definition) is 2. The van der Waals surface area contributed by atoms with E-state index < -0.39 is 7.12 Å². The first-order valence-electron chi connectivity index (χ1n) is 5.91. The molecule has 3 nitrogen and oxygen atoms in total. The van der Waals surface area contributed by atoms with Crippen LogP contribution in [0.25, 0.3) is 0 Å². The van der Waals surface area contributed by atoms with Crippen LogP contribution in [-0.4, -0.2) is 17.2 Å². The Labute approximate surface area is 117 Å². The van der Waals surface area contributed by atoms with Crippen molar-refractivity contribution in [2.24, 2.45) is 0 Å². The lowest BCUT2D eigenvalue weighted by Crippen LogP contribution is -2.33. The van der Waals surface area contributed by atoms with Gasteiger partial charge in [0.1, 0.15) is 12.4 Å². The summed E-state index contributed by atoms with van der Waals surface area (Å²) in [6.45, 7) is 2.19. The van der Waals surface area contributed by atoms with Crippen molar-refractivity contribution >= 4 is 24.2 Å². The minimum atomic E-state index is -1.51. The predicted molar refractivity (Wildman–Crippen MR) is 76.8 cm³/mol. The molecule has 0 amide bonds. The molecule has 0 saturated carbocycles. The molecule has 19 heavy (non-hydrogen) atoms. The van der Waals surface area contributed by atoms with Gasteiger partial charge in [0.25, 0.3) is 0 Å². The van der Waals surface area contributed by atoms with Crippen molar-refractivity contribution in [1.29, 1.82) is 0 Å². The van der Waals surface area contributed by atoms with Gasteiger partial charge in [-0.1, -0.05) is 41.9 Å². The number of rotatable bonds is 4. The summed E-state index contributed by atoms with van der Waals surface area (Å²) in [6.07, 6.45) is 0. The van der Waals surface area contributed by atoms with Gasteiger partial charge in [-0.25, -0.2) is 0 Å². The Kier molecular flexibility index (Phi) is 4.48. The first kappa shape index (κ1) is 13.9. The van der Waals surface area contributed by atoms with Gasteiger partial charge in [-0.05, 0) is 35.6 Å². The SMILES string of the molecule is Cc1ccc(Cl)c(OCc2ccccc2B(O)O)c1. The molecule has 0 radical (unpaired) electrons. The van der Waals surface area contributed by atoms with E-state index in [1.165, 1.54) is 0 Å². The summed E-state index contributed by atoms with van der Waals surface area (Å²) in [5, 5.41) is 19.1. The summed E-state index contributed by atoms with van der Waals surface area (Å²) >= 11 is 6.04. The molecule has 2 aromatic carbocycles. The van der Waals surface area contributed by atoms with Crippen LogP contribution in [0.1, 0.15) is 11.1 Å². The minimum absolute atomic E-state index is 0.233. The zero-order valence-electron chi connectivity index (χ0n) is 10.5. The molecule has 0 aliphatic heterocycles.